The van der Waals surface area contributed by atoms with E-state index in [1.807, 2.05) is 0 Å². The third-order valence-corrected chi connectivity index (χ3v) is 5.01. The van der Waals surface area contributed by atoms with Gasteiger partial charge < -0.3 is 0 Å². The third-order valence-electron chi connectivity index (χ3n) is 2.85. The summed E-state index contributed by atoms with van der Waals surface area (Å²) in [5.74, 6) is 0. The Balaban J connectivity index is 2.55. The summed E-state index contributed by atoms with van der Waals surface area (Å²) in [6, 6.07) is 3.34. The largest absolute Gasteiger partial charge is 0.281 e. The molecule has 0 saturated carbocycles. The van der Waals surface area contributed by atoms with Crippen molar-refractivity contribution in [1.29, 1.82) is 0 Å². The summed E-state index contributed by atoms with van der Waals surface area (Å²) in [6.45, 7) is 5.52. The van der Waals surface area contributed by atoms with E-state index in [4.69, 9.17) is 0 Å². The van der Waals surface area contributed by atoms with Crippen molar-refractivity contribution in [3.63, 3.8) is 0 Å². The van der Waals surface area contributed by atoms with Crippen molar-refractivity contribution in [1.82, 2.24) is 15.2 Å². The second-order valence-corrected chi connectivity index (χ2v) is 5.94. The molecule has 2 aromatic heterocycles. The third kappa shape index (κ3) is 2.33. The fourth-order valence-corrected chi connectivity index (χ4v) is 3.84. The summed E-state index contributed by atoms with van der Waals surface area (Å²) in [7, 11) is -3.61. The van der Waals surface area contributed by atoms with Crippen LogP contribution in [0.15, 0.2) is 29.4 Å². The monoisotopic (exact) mass is 280 g/mol. The molecule has 2 aromatic rings. The molecular weight excluding hydrogens is 264 g/mol. The number of anilines is 1. The quantitative estimate of drug-likeness (QED) is 0.923. The predicted octanol–water partition coefficient (Wildman–Crippen LogP) is 1.64. The molecule has 102 valence electrons. The highest BCUT2D eigenvalue weighted by molar-refractivity contribution is 7.93. The first-order chi connectivity index (χ1) is 8.98. The molecule has 0 aliphatic rings. The Kier molecular flexibility index (Phi) is 3.57. The predicted molar refractivity (Wildman–Crippen MR) is 72.5 cm³/mol. The van der Waals surface area contributed by atoms with E-state index in [2.05, 4.69) is 15.2 Å². The van der Waals surface area contributed by atoms with Crippen molar-refractivity contribution in [2.24, 2.45) is 0 Å². The molecule has 0 aromatic carbocycles. The number of aryl methyl sites for hydroxylation is 2. The summed E-state index contributed by atoms with van der Waals surface area (Å²) < 4.78 is 26.8. The number of pyridine rings is 1. The molecule has 0 fully saturated rings. The van der Waals surface area contributed by atoms with Gasteiger partial charge in [0.15, 0.2) is 0 Å². The van der Waals surface area contributed by atoms with E-state index in [-0.39, 0.29) is 4.90 Å². The second-order valence-electron chi connectivity index (χ2n) is 4.14. The van der Waals surface area contributed by atoms with Crippen LogP contribution in [-0.4, -0.2) is 30.1 Å². The zero-order chi connectivity index (χ0) is 14.0. The molecule has 0 amide bonds. The van der Waals surface area contributed by atoms with Gasteiger partial charge in [-0.1, -0.05) is 0 Å². The van der Waals surface area contributed by atoms with E-state index in [9.17, 15) is 8.42 Å². The molecule has 2 rings (SSSR count). The number of H-pyrrole nitrogens is 1. The zero-order valence-electron chi connectivity index (χ0n) is 11.1. The molecule has 6 nitrogen and oxygen atoms in total. The molecule has 2 heterocycles. The maximum absolute atomic E-state index is 12.7. The molecule has 0 spiro atoms. The van der Waals surface area contributed by atoms with Gasteiger partial charge in [-0.2, -0.15) is 5.10 Å². The van der Waals surface area contributed by atoms with Crippen molar-refractivity contribution in [2.75, 3.05) is 10.8 Å². The van der Waals surface area contributed by atoms with Crippen LogP contribution in [0.1, 0.15) is 18.3 Å². The van der Waals surface area contributed by atoms with Crippen molar-refractivity contribution in [3.05, 3.63) is 35.9 Å². The zero-order valence-corrected chi connectivity index (χ0v) is 11.9. The summed E-state index contributed by atoms with van der Waals surface area (Å²) in [5, 5.41) is 6.65. The Morgan fingerprint density at radius 1 is 1.26 bits per heavy atom. The van der Waals surface area contributed by atoms with Gasteiger partial charge in [0, 0.05) is 18.9 Å². The van der Waals surface area contributed by atoms with Gasteiger partial charge in [-0.05, 0) is 32.9 Å². The highest BCUT2D eigenvalue weighted by Crippen LogP contribution is 2.26. The van der Waals surface area contributed by atoms with Crippen molar-refractivity contribution in [2.45, 2.75) is 25.7 Å². The molecule has 0 aliphatic carbocycles. The number of aromatic amines is 1. The molecule has 0 atom stereocenters. The van der Waals surface area contributed by atoms with Gasteiger partial charge in [-0.15, -0.1) is 0 Å². The molecule has 7 heteroatoms. The first kappa shape index (κ1) is 13.5. The van der Waals surface area contributed by atoms with Gasteiger partial charge in [-0.3, -0.25) is 14.4 Å². The fourth-order valence-electron chi connectivity index (χ4n) is 2.03. The fraction of sp³-hybridized carbons (Fsp3) is 0.333. The summed E-state index contributed by atoms with van der Waals surface area (Å²) >= 11 is 0. The van der Waals surface area contributed by atoms with Crippen LogP contribution in [0.2, 0.25) is 0 Å². The van der Waals surface area contributed by atoms with Gasteiger partial charge in [0.2, 0.25) is 0 Å². The van der Waals surface area contributed by atoms with Crippen LogP contribution in [0.3, 0.4) is 0 Å². The lowest BCUT2D eigenvalue weighted by molar-refractivity contribution is 0.590. The van der Waals surface area contributed by atoms with Crippen molar-refractivity contribution >= 4 is 15.7 Å². The minimum Gasteiger partial charge on any atom is -0.281 e. The smallest absolute Gasteiger partial charge is 0.267 e. The van der Waals surface area contributed by atoms with E-state index >= 15 is 0 Å². The van der Waals surface area contributed by atoms with E-state index in [0.29, 0.717) is 23.6 Å². The van der Waals surface area contributed by atoms with Crippen LogP contribution in [-0.2, 0) is 10.0 Å². The van der Waals surface area contributed by atoms with Crippen LogP contribution in [0.4, 0.5) is 5.69 Å². The Morgan fingerprint density at radius 3 is 2.37 bits per heavy atom. The topological polar surface area (TPSA) is 79.0 Å². The summed E-state index contributed by atoms with van der Waals surface area (Å²) in [5.41, 5.74) is 1.62. The normalized spacial score (nSPS) is 11.5. The lowest BCUT2D eigenvalue weighted by atomic mass is 10.4. The number of hydrogen-bond donors (Lipinski definition) is 1. The van der Waals surface area contributed by atoms with Gasteiger partial charge in [-0.25, -0.2) is 8.42 Å². The minimum absolute atomic E-state index is 0.242. The number of rotatable bonds is 4. The Morgan fingerprint density at radius 2 is 1.89 bits per heavy atom. The highest BCUT2D eigenvalue weighted by atomic mass is 32.2. The molecule has 1 N–H and O–H groups in total. The Hall–Kier alpha value is -1.89. The number of hydrogen-bond acceptors (Lipinski definition) is 4. The van der Waals surface area contributed by atoms with E-state index < -0.39 is 10.0 Å². The minimum atomic E-state index is -3.61. The first-order valence-corrected chi connectivity index (χ1v) is 7.36. The van der Waals surface area contributed by atoms with Crippen molar-refractivity contribution < 1.29 is 8.42 Å². The van der Waals surface area contributed by atoms with Crippen LogP contribution < -0.4 is 4.31 Å². The lowest BCUT2D eigenvalue weighted by Gasteiger charge is -2.22. The molecular formula is C12H16N4O2S. The molecule has 0 unspecified atom stereocenters. The maximum atomic E-state index is 12.7. The van der Waals surface area contributed by atoms with Crippen LogP contribution in [0, 0.1) is 13.8 Å². The standard InChI is InChI=1S/C12H16N4O2S/c1-4-16(11-5-7-13-8-6-11)19(17,18)12-9(2)14-15-10(12)3/h5-8H,4H2,1-3H3,(H,14,15). The van der Waals surface area contributed by atoms with Crippen LogP contribution >= 0.6 is 0 Å². The number of sulfonamides is 1. The van der Waals surface area contributed by atoms with Crippen LogP contribution in [0.5, 0.6) is 0 Å². The number of nitrogens with one attached hydrogen (secondary N) is 1. The van der Waals surface area contributed by atoms with E-state index in [1.54, 1.807) is 45.3 Å². The Bertz CT molecular complexity index is 645. The SMILES string of the molecule is CCN(c1ccncc1)S(=O)(=O)c1c(C)n[nH]c1C. The molecule has 0 saturated heterocycles. The van der Waals surface area contributed by atoms with Gasteiger partial charge in [0.05, 0.1) is 17.1 Å². The summed E-state index contributed by atoms with van der Waals surface area (Å²) in [6.07, 6.45) is 3.14. The molecule has 0 aliphatic heterocycles. The molecule has 0 bridgehead atoms. The van der Waals surface area contributed by atoms with E-state index in [0.717, 1.165) is 0 Å². The van der Waals surface area contributed by atoms with E-state index in [1.165, 1.54) is 4.31 Å². The van der Waals surface area contributed by atoms with Crippen LogP contribution in [0.25, 0.3) is 0 Å². The highest BCUT2D eigenvalue weighted by Gasteiger charge is 2.28. The number of aromatic nitrogens is 3. The van der Waals surface area contributed by atoms with Gasteiger partial charge in [0.1, 0.15) is 4.90 Å². The molecule has 19 heavy (non-hydrogen) atoms. The van der Waals surface area contributed by atoms with Gasteiger partial charge >= 0.3 is 0 Å². The average molecular weight is 280 g/mol. The Labute approximate surface area is 112 Å². The number of nitrogens with zero attached hydrogens (tertiary/aromatic N) is 3. The average Bonchev–Trinajstić information content (AvgIpc) is 2.71. The summed E-state index contributed by atoms with van der Waals surface area (Å²) in [4.78, 5) is 4.14. The lowest BCUT2D eigenvalue weighted by Crippen LogP contribution is -2.31. The van der Waals surface area contributed by atoms with Crippen molar-refractivity contribution in [3.8, 4) is 0 Å². The maximum Gasteiger partial charge on any atom is 0.267 e. The van der Waals surface area contributed by atoms with Gasteiger partial charge in [0.25, 0.3) is 10.0 Å². The second kappa shape index (κ2) is 5.00. The molecule has 0 radical (unpaired) electrons. The first-order valence-electron chi connectivity index (χ1n) is 5.92.